The molecule has 1 nitrogen and oxygen atoms in total. The Bertz CT molecular complexity index is 193. The molecule has 1 saturated heterocycles. The Morgan fingerprint density at radius 1 is 1.20 bits per heavy atom. The number of hydrogen-bond acceptors (Lipinski definition) is 1. The molecule has 2 fully saturated rings. The van der Waals surface area contributed by atoms with Gasteiger partial charge in [0.15, 0.2) is 0 Å². The normalized spacial score (nSPS) is 27.2. The zero-order chi connectivity index (χ0) is 10.9. The monoisotopic (exact) mass is 209 g/mol. The van der Waals surface area contributed by atoms with Crippen molar-refractivity contribution >= 4 is 0 Å². The second kappa shape index (κ2) is 4.45. The summed E-state index contributed by atoms with van der Waals surface area (Å²) in [4.78, 5) is 2.61. The van der Waals surface area contributed by atoms with Crippen LogP contribution in [-0.2, 0) is 0 Å². The van der Waals surface area contributed by atoms with Gasteiger partial charge in [-0.3, -0.25) is 0 Å². The van der Waals surface area contributed by atoms with E-state index in [1.54, 1.807) is 12.8 Å². The number of piperidine rings is 1. The summed E-state index contributed by atoms with van der Waals surface area (Å²) in [6.45, 7) is 11.0. The lowest BCUT2D eigenvalue weighted by molar-refractivity contribution is -0.0190. The van der Waals surface area contributed by atoms with Crippen LogP contribution in [0.3, 0.4) is 0 Å². The van der Waals surface area contributed by atoms with Crippen molar-refractivity contribution in [1.29, 1.82) is 0 Å². The molecule has 1 heteroatoms. The number of likely N-dealkylation sites (tertiary alicyclic amines) is 1. The Hall–Kier alpha value is -0.0400. The average molecular weight is 209 g/mol. The fourth-order valence-corrected chi connectivity index (χ4v) is 3.75. The maximum atomic E-state index is 2.61. The van der Waals surface area contributed by atoms with Crippen molar-refractivity contribution in [3.8, 4) is 0 Å². The summed E-state index contributed by atoms with van der Waals surface area (Å²) in [5, 5.41) is 0. The molecule has 1 saturated carbocycles. The van der Waals surface area contributed by atoms with Crippen LogP contribution in [0.25, 0.3) is 0 Å². The molecular weight excluding hydrogens is 182 g/mol. The van der Waals surface area contributed by atoms with Gasteiger partial charge in [-0.1, -0.05) is 20.8 Å². The molecule has 1 spiro atoms. The molecule has 1 aliphatic heterocycles. The average Bonchev–Trinajstić information content (AvgIpc) is 2.16. The molecule has 0 aromatic carbocycles. The molecule has 1 aliphatic carbocycles. The third-order valence-electron chi connectivity index (χ3n) is 4.61. The van der Waals surface area contributed by atoms with Crippen molar-refractivity contribution < 1.29 is 0 Å². The zero-order valence-corrected chi connectivity index (χ0v) is 10.8. The van der Waals surface area contributed by atoms with E-state index in [9.17, 15) is 0 Å². The van der Waals surface area contributed by atoms with E-state index in [0.717, 1.165) is 17.3 Å². The minimum atomic E-state index is 0.797. The van der Waals surface area contributed by atoms with E-state index in [1.807, 2.05) is 0 Å². The zero-order valence-electron chi connectivity index (χ0n) is 10.8. The van der Waals surface area contributed by atoms with Gasteiger partial charge in [-0.2, -0.15) is 0 Å². The third kappa shape index (κ3) is 2.55. The number of rotatable bonds is 3. The summed E-state index contributed by atoms with van der Waals surface area (Å²) >= 11 is 0. The van der Waals surface area contributed by atoms with E-state index in [1.165, 1.54) is 38.9 Å². The highest BCUT2D eigenvalue weighted by atomic mass is 15.1. The smallest absolute Gasteiger partial charge is 0.00135 e. The Labute approximate surface area is 95.2 Å². The van der Waals surface area contributed by atoms with Gasteiger partial charge in [-0.05, 0) is 69.0 Å². The molecule has 2 rings (SSSR count). The van der Waals surface area contributed by atoms with Crippen LogP contribution in [0, 0.1) is 17.3 Å². The van der Waals surface area contributed by atoms with Crippen molar-refractivity contribution in [3.63, 3.8) is 0 Å². The summed E-state index contributed by atoms with van der Waals surface area (Å²) in [6.07, 6.45) is 7.52. The Balaban J connectivity index is 1.73. The van der Waals surface area contributed by atoms with Crippen LogP contribution < -0.4 is 0 Å². The van der Waals surface area contributed by atoms with Crippen LogP contribution in [0.2, 0.25) is 0 Å². The van der Waals surface area contributed by atoms with E-state index < -0.39 is 0 Å². The van der Waals surface area contributed by atoms with Gasteiger partial charge >= 0.3 is 0 Å². The second-order valence-corrected chi connectivity index (χ2v) is 6.34. The SMILES string of the molecule is CCN1CCC2(CC1)CC(CC(C)C)C2. The van der Waals surface area contributed by atoms with Crippen molar-refractivity contribution in [2.45, 2.75) is 52.9 Å². The van der Waals surface area contributed by atoms with Crippen LogP contribution in [0.5, 0.6) is 0 Å². The van der Waals surface area contributed by atoms with Gasteiger partial charge < -0.3 is 4.90 Å². The predicted molar refractivity (Wildman–Crippen MR) is 66.0 cm³/mol. The molecule has 15 heavy (non-hydrogen) atoms. The molecule has 88 valence electrons. The van der Waals surface area contributed by atoms with Gasteiger partial charge in [-0.15, -0.1) is 0 Å². The van der Waals surface area contributed by atoms with E-state index in [4.69, 9.17) is 0 Å². The van der Waals surface area contributed by atoms with Crippen LogP contribution in [0.4, 0.5) is 0 Å². The topological polar surface area (TPSA) is 3.24 Å². The molecule has 0 amide bonds. The summed E-state index contributed by atoms with van der Waals surface area (Å²) in [6, 6.07) is 0. The maximum Gasteiger partial charge on any atom is -0.00135 e. The third-order valence-corrected chi connectivity index (χ3v) is 4.61. The molecule has 0 unspecified atom stereocenters. The van der Waals surface area contributed by atoms with E-state index in [2.05, 4.69) is 25.7 Å². The van der Waals surface area contributed by atoms with Gasteiger partial charge in [0, 0.05) is 0 Å². The largest absolute Gasteiger partial charge is 0.304 e. The minimum absolute atomic E-state index is 0.797. The highest BCUT2D eigenvalue weighted by molar-refractivity contribution is 4.96. The Morgan fingerprint density at radius 3 is 2.27 bits per heavy atom. The lowest BCUT2D eigenvalue weighted by atomic mass is 9.56. The molecule has 0 aromatic heterocycles. The lowest BCUT2D eigenvalue weighted by Crippen LogP contribution is -2.47. The predicted octanol–water partition coefficient (Wildman–Crippen LogP) is 3.54. The highest BCUT2D eigenvalue weighted by Gasteiger charge is 2.45. The van der Waals surface area contributed by atoms with Crippen molar-refractivity contribution in [3.05, 3.63) is 0 Å². The quantitative estimate of drug-likeness (QED) is 0.687. The summed E-state index contributed by atoms with van der Waals surface area (Å²) < 4.78 is 0. The minimum Gasteiger partial charge on any atom is -0.304 e. The van der Waals surface area contributed by atoms with Gasteiger partial charge in [-0.25, -0.2) is 0 Å². The number of hydrogen-bond donors (Lipinski definition) is 0. The summed E-state index contributed by atoms with van der Waals surface area (Å²) in [5.74, 6) is 1.97. The maximum absolute atomic E-state index is 2.61. The molecule has 0 aromatic rings. The van der Waals surface area contributed by atoms with E-state index in [-0.39, 0.29) is 0 Å². The summed E-state index contributed by atoms with van der Waals surface area (Å²) in [7, 11) is 0. The Morgan fingerprint density at radius 2 is 1.80 bits per heavy atom. The molecule has 0 radical (unpaired) electrons. The van der Waals surface area contributed by atoms with E-state index in [0.29, 0.717) is 0 Å². The first kappa shape index (κ1) is 11.4. The van der Waals surface area contributed by atoms with Gasteiger partial charge in [0.05, 0.1) is 0 Å². The Kier molecular flexibility index (Phi) is 3.39. The molecule has 0 N–H and O–H groups in total. The molecule has 0 atom stereocenters. The lowest BCUT2D eigenvalue weighted by Gasteiger charge is -2.53. The standard InChI is InChI=1S/C14H27N/c1-4-15-7-5-14(6-8-15)10-13(11-14)9-12(2)3/h12-13H,4-11H2,1-3H3. The van der Waals surface area contributed by atoms with Crippen LogP contribution in [0.15, 0.2) is 0 Å². The van der Waals surface area contributed by atoms with Crippen LogP contribution >= 0.6 is 0 Å². The first-order valence-electron chi connectivity index (χ1n) is 6.86. The molecule has 2 aliphatic rings. The van der Waals surface area contributed by atoms with Gasteiger partial charge in [0.2, 0.25) is 0 Å². The molecular formula is C14H27N. The van der Waals surface area contributed by atoms with Crippen molar-refractivity contribution in [2.24, 2.45) is 17.3 Å². The molecule has 0 bridgehead atoms. The fourth-order valence-electron chi connectivity index (χ4n) is 3.75. The first-order valence-corrected chi connectivity index (χ1v) is 6.86. The first-order chi connectivity index (χ1) is 7.13. The van der Waals surface area contributed by atoms with Crippen LogP contribution in [0.1, 0.15) is 52.9 Å². The molecule has 1 heterocycles. The second-order valence-electron chi connectivity index (χ2n) is 6.34. The van der Waals surface area contributed by atoms with E-state index >= 15 is 0 Å². The highest BCUT2D eigenvalue weighted by Crippen LogP contribution is 2.54. The van der Waals surface area contributed by atoms with Crippen molar-refractivity contribution in [2.75, 3.05) is 19.6 Å². The fraction of sp³-hybridized carbons (Fsp3) is 1.00. The number of nitrogens with zero attached hydrogens (tertiary/aromatic N) is 1. The van der Waals surface area contributed by atoms with Gasteiger partial charge in [0.1, 0.15) is 0 Å². The van der Waals surface area contributed by atoms with Gasteiger partial charge in [0.25, 0.3) is 0 Å². The van der Waals surface area contributed by atoms with Crippen molar-refractivity contribution in [1.82, 2.24) is 4.90 Å². The summed E-state index contributed by atoms with van der Waals surface area (Å²) in [5.41, 5.74) is 0.797. The van der Waals surface area contributed by atoms with Crippen LogP contribution in [-0.4, -0.2) is 24.5 Å².